The Labute approximate surface area is 112 Å². The Bertz CT molecular complexity index is 461. The molecule has 104 valence electrons. The predicted octanol–water partition coefficient (Wildman–Crippen LogP) is 0.837. The van der Waals surface area contributed by atoms with Crippen LogP contribution in [0.2, 0.25) is 0 Å². The number of methoxy groups -OCH3 is 1. The van der Waals surface area contributed by atoms with E-state index in [4.69, 9.17) is 9.47 Å². The molecule has 0 aromatic heterocycles. The molecule has 0 bridgehead atoms. The second kappa shape index (κ2) is 6.04. The summed E-state index contributed by atoms with van der Waals surface area (Å²) < 4.78 is 10.5. The normalized spacial score (nSPS) is 19.3. The summed E-state index contributed by atoms with van der Waals surface area (Å²) in [6, 6.07) is 5.11. The zero-order chi connectivity index (χ0) is 13.8. The molecular formula is C14H19NO4. The Morgan fingerprint density at radius 2 is 2.37 bits per heavy atom. The first-order valence-corrected chi connectivity index (χ1v) is 6.31. The largest absolute Gasteiger partial charge is 0.496 e. The van der Waals surface area contributed by atoms with Gasteiger partial charge in [0.25, 0.3) is 5.91 Å². The molecule has 0 radical (unpaired) electrons. The fourth-order valence-electron chi connectivity index (χ4n) is 2.19. The number of nitrogens with zero attached hydrogens (tertiary/aromatic N) is 1. The SMILES string of the molecule is COc1cc(C(=O)N2CCOCC2CO)ccc1C. The number of carbonyl (C=O) groups excluding carboxylic acids is 1. The molecule has 1 aromatic carbocycles. The van der Waals surface area contributed by atoms with E-state index in [1.807, 2.05) is 13.0 Å². The minimum atomic E-state index is -0.270. The average molecular weight is 265 g/mol. The Balaban J connectivity index is 2.22. The highest BCUT2D eigenvalue weighted by Crippen LogP contribution is 2.21. The summed E-state index contributed by atoms with van der Waals surface area (Å²) in [6.45, 7) is 3.23. The Morgan fingerprint density at radius 3 is 3.05 bits per heavy atom. The van der Waals surface area contributed by atoms with Gasteiger partial charge < -0.3 is 19.5 Å². The van der Waals surface area contributed by atoms with Crippen LogP contribution in [0.15, 0.2) is 18.2 Å². The summed E-state index contributed by atoms with van der Waals surface area (Å²) in [5, 5.41) is 9.30. The van der Waals surface area contributed by atoms with Crippen molar-refractivity contribution in [2.45, 2.75) is 13.0 Å². The van der Waals surface area contributed by atoms with Crippen LogP contribution >= 0.6 is 0 Å². The van der Waals surface area contributed by atoms with Crippen molar-refractivity contribution >= 4 is 5.91 Å². The molecule has 5 nitrogen and oxygen atoms in total. The lowest BCUT2D eigenvalue weighted by Crippen LogP contribution is -2.50. The van der Waals surface area contributed by atoms with Gasteiger partial charge in [0.05, 0.1) is 33.0 Å². The number of carbonyl (C=O) groups is 1. The number of aliphatic hydroxyl groups excluding tert-OH is 1. The van der Waals surface area contributed by atoms with Crippen LogP contribution in [0.3, 0.4) is 0 Å². The second-order valence-corrected chi connectivity index (χ2v) is 4.59. The summed E-state index contributed by atoms with van der Waals surface area (Å²) in [6.07, 6.45) is 0. The van der Waals surface area contributed by atoms with Gasteiger partial charge in [0.15, 0.2) is 0 Å². The molecule has 1 amide bonds. The van der Waals surface area contributed by atoms with E-state index in [-0.39, 0.29) is 18.6 Å². The summed E-state index contributed by atoms with van der Waals surface area (Å²) in [4.78, 5) is 14.1. The van der Waals surface area contributed by atoms with Gasteiger partial charge in [-0.2, -0.15) is 0 Å². The number of hydrogen-bond acceptors (Lipinski definition) is 4. The van der Waals surface area contributed by atoms with E-state index in [0.717, 1.165) is 5.56 Å². The molecule has 1 heterocycles. The molecule has 19 heavy (non-hydrogen) atoms. The molecule has 5 heteroatoms. The standard InChI is InChI=1S/C14H19NO4/c1-10-3-4-11(7-13(10)18-2)14(17)15-5-6-19-9-12(15)8-16/h3-4,7,12,16H,5-6,8-9H2,1-2H3. The van der Waals surface area contributed by atoms with Crippen molar-refractivity contribution in [3.8, 4) is 5.75 Å². The number of amides is 1. The lowest BCUT2D eigenvalue weighted by atomic mass is 10.1. The number of ether oxygens (including phenoxy) is 2. The molecule has 1 aliphatic rings. The van der Waals surface area contributed by atoms with Crippen LogP contribution in [0.25, 0.3) is 0 Å². The third kappa shape index (κ3) is 2.88. The first kappa shape index (κ1) is 13.8. The van der Waals surface area contributed by atoms with E-state index in [9.17, 15) is 9.90 Å². The smallest absolute Gasteiger partial charge is 0.254 e. The molecule has 1 aromatic rings. The van der Waals surface area contributed by atoms with Crippen LogP contribution in [0.5, 0.6) is 5.75 Å². The number of rotatable bonds is 3. The maximum Gasteiger partial charge on any atom is 0.254 e. The Morgan fingerprint density at radius 1 is 1.58 bits per heavy atom. The van der Waals surface area contributed by atoms with Crippen molar-refractivity contribution in [1.82, 2.24) is 4.90 Å². The van der Waals surface area contributed by atoms with E-state index in [0.29, 0.717) is 31.1 Å². The van der Waals surface area contributed by atoms with Crippen LogP contribution in [0.1, 0.15) is 15.9 Å². The van der Waals surface area contributed by atoms with Gasteiger partial charge in [-0.05, 0) is 24.6 Å². The number of benzene rings is 1. The van der Waals surface area contributed by atoms with Crippen molar-refractivity contribution in [2.24, 2.45) is 0 Å². The zero-order valence-electron chi connectivity index (χ0n) is 11.3. The maximum atomic E-state index is 12.5. The molecule has 1 fully saturated rings. The summed E-state index contributed by atoms with van der Waals surface area (Å²) in [7, 11) is 1.59. The van der Waals surface area contributed by atoms with E-state index < -0.39 is 0 Å². The molecule has 0 aliphatic carbocycles. The second-order valence-electron chi connectivity index (χ2n) is 4.59. The number of aryl methyl sites for hydroxylation is 1. The van der Waals surface area contributed by atoms with Crippen molar-refractivity contribution in [3.05, 3.63) is 29.3 Å². The molecule has 1 atom stereocenters. The summed E-state index contributed by atoms with van der Waals surface area (Å²) in [5.74, 6) is 0.598. The zero-order valence-corrected chi connectivity index (χ0v) is 11.3. The summed E-state index contributed by atoms with van der Waals surface area (Å²) >= 11 is 0. The number of aliphatic hydroxyl groups is 1. The van der Waals surface area contributed by atoms with Gasteiger partial charge in [-0.1, -0.05) is 6.07 Å². The van der Waals surface area contributed by atoms with Crippen LogP contribution in [0, 0.1) is 6.92 Å². The monoisotopic (exact) mass is 265 g/mol. The highest BCUT2D eigenvalue weighted by Gasteiger charge is 2.27. The molecule has 1 unspecified atom stereocenters. The number of morpholine rings is 1. The van der Waals surface area contributed by atoms with Crippen LogP contribution < -0.4 is 4.74 Å². The van der Waals surface area contributed by atoms with Gasteiger partial charge in [0.1, 0.15) is 5.75 Å². The van der Waals surface area contributed by atoms with E-state index in [1.165, 1.54) is 0 Å². The van der Waals surface area contributed by atoms with Gasteiger partial charge in [-0.15, -0.1) is 0 Å². The first-order valence-electron chi connectivity index (χ1n) is 6.31. The first-order chi connectivity index (χ1) is 9.17. The van der Waals surface area contributed by atoms with Gasteiger partial charge in [-0.25, -0.2) is 0 Å². The van der Waals surface area contributed by atoms with Crippen LogP contribution in [-0.2, 0) is 4.74 Å². The molecule has 1 saturated heterocycles. The van der Waals surface area contributed by atoms with Gasteiger partial charge >= 0.3 is 0 Å². The van der Waals surface area contributed by atoms with Crippen molar-refractivity contribution < 1.29 is 19.4 Å². The highest BCUT2D eigenvalue weighted by atomic mass is 16.5. The predicted molar refractivity (Wildman–Crippen MR) is 70.5 cm³/mol. The topological polar surface area (TPSA) is 59.0 Å². The molecule has 0 saturated carbocycles. The number of hydrogen-bond donors (Lipinski definition) is 1. The fraction of sp³-hybridized carbons (Fsp3) is 0.500. The van der Waals surface area contributed by atoms with Crippen LogP contribution in [-0.4, -0.2) is 55.4 Å². The molecule has 1 aliphatic heterocycles. The quantitative estimate of drug-likeness (QED) is 0.879. The van der Waals surface area contributed by atoms with E-state index in [1.54, 1.807) is 24.1 Å². The van der Waals surface area contributed by atoms with E-state index >= 15 is 0 Å². The fourth-order valence-corrected chi connectivity index (χ4v) is 2.19. The van der Waals surface area contributed by atoms with Crippen molar-refractivity contribution in [2.75, 3.05) is 33.5 Å². The minimum Gasteiger partial charge on any atom is -0.496 e. The third-order valence-corrected chi connectivity index (χ3v) is 3.35. The molecule has 0 spiro atoms. The lowest BCUT2D eigenvalue weighted by molar-refractivity contribution is -0.0184. The van der Waals surface area contributed by atoms with Crippen molar-refractivity contribution in [1.29, 1.82) is 0 Å². The Kier molecular flexibility index (Phi) is 4.39. The summed E-state index contributed by atoms with van der Waals surface area (Å²) in [5.41, 5.74) is 1.56. The maximum absolute atomic E-state index is 12.5. The lowest BCUT2D eigenvalue weighted by Gasteiger charge is -2.34. The van der Waals surface area contributed by atoms with Crippen molar-refractivity contribution in [3.63, 3.8) is 0 Å². The van der Waals surface area contributed by atoms with E-state index in [2.05, 4.69) is 0 Å². The molecule has 2 rings (SSSR count). The molecule has 1 N–H and O–H groups in total. The van der Waals surface area contributed by atoms with Gasteiger partial charge in [0.2, 0.25) is 0 Å². The third-order valence-electron chi connectivity index (χ3n) is 3.35. The Hall–Kier alpha value is -1.59. The van der Waals surface area contributed by atoms with Crippen LogP contribution in [0.4, 0.5) is 0 Å². The highest BCUT2D eigenvalue weighted by molar-refractivity contribution is 5.95. The van der Waals surface area contributed by atoms with Gasteiger partial charge in [0, 0.05) is 12.1 Å². The minimum absolute atomic E-state index is 0.0886. The van der Waals surface area contributed by atoms with Gasteiger partial charge in [-0.3, -0.25) is 4.79 Å². The average Bonchev–Trinajstić information content (AvgIpc) is 2.47. The molecular weight excluding hydrogens is 246 g/mol.